The van der Waals surface area contributed by atoms with E-state index in [1.165, 1.54) is 0 Å². The number of halogens is 2. The van der Waals surface area contributed by atoms with Crippen LogP contribution in [0.2, 0.25) is 0 Å². The van der Waals surface area contributed by atoms with Gasteiger partial charge in [0, 0.05) is 44.2 Å². The van der Waals surface area contributed by atoms with E-state index in [-0.39, 0.29) is 41.4 Å². The molecule has 1 amide bonds. The Bertz CT molecular complexity index is 1700. The number of nitrogens with one attached hydrogen (secondary N) is 1. The number of rotatable bonds is 3. The average Bonchev–Trinajstić information content (AvgIpc) is 3.54. The quantitative estimate of drug-likeness (QED) is 0.387. The number of anilines is 1. The van der Waals surface area contributed by atoms with Crippen LogP contribution in [0.1, 0.15) is 88.2 Å². The van der Waals surface area contributed by atoms with Gasteiger partial charge in [0.05, 0.1) is 16.5 Å². The molecule has 244 valence electrons. The minimum Gasteiger partial charge on any atom is -0.508 e. The molecule has 3 fully saturated rings. The van der Waals surface area contributed by atoms with Crippen LogP contribution in [0.4, 0.5) is 14.6 Å². The molecule has 0 saturated carbocycles. The summed E-state index contributed by atoms with van der Waals surface area (Å²) in [5.74, 6) is 0.171. The van der Waals surface area contributed by atoms with Crippen LogP contribution in [0, 0.1) is 5.82 Å². The van der Waals surface area contributed by atoms with Crippen molar-refractivity contribution < 1.29 is 23.4 Å². The summed E-state index contributed by atoms with van der Waals surface area (Å²) in [7, 11) is 0. The maximum absolute atomic E-state index is 17.0. The topological polar surface area (TPSA) is 104 Å². The molecule has 2 aromatic heterocycles. The van der Waals surface area contributed by atoms with Crippen LogP contribution in [0.25, 0.3) is 22.2 Å². The highest BCUT2D eigenvalue weighted by atomic mass is 19.1. The Kier molecular flexibility index (Phi) is 7.30. The van der Waals surface area contributed by atoms with Crippen molar-refractivity contribution in [1.82, 2.24) is 25.2 Å². The van der Waals surface area contributed by atoms with E-state index in [1.54, 1.807) is 18.3 Å². The second-order valence-electron chi connectivity index (χ2n) is 14.6. The summed E-state index contributed by atoms with van der Waals surface area (Å²) in [5.41, 5.74) is 1.94. The standard InChI is InChI=1S/C35H42F2N6O3/c1-34-10-4-12-42(19-34)32-26-17-38-30(25-15-24(44)14-22-8-2-6-21(28(22)25)7-3-9-27(45)41-34)29(37)31(26)39-33(40-32)46-20-35-11-5-13-43(35)18-23(36)16-35/h14-15,17,21,23,44H,2-13,16,18-20H2,1H3,(H,41,45)/t21-,23+,34+,35-/m0/s1. The van der Waals surface area contributed by atoms with Crippen molar-refractivity contribution in [2.45, 2.75) is 101 Å². The van der Waals surface area contributed by atoms with Gasteiger partial charge in [0.25, 0.3) is 0 Å². The molecule has 11 heteroatoms. The number of phenolic OH excluding ortho intramolecular Hbond substituents is 1. The molecule has 46 heavy (non-hydrogen) atoms. The van der Waals surface area contributed by atoms with Gasteiger partial charge in [-0.25, -0.2) is 8.78 Å². The van der Waals surface area contributed by atoms with Gasteiger partial charge >= 0.3 is 6.01 Å². The molecule has 7 heterocycles. The Labute approximate surface area is 267 Å². The summed E-state index contributed by atoms with van der Waals surface area (Å²) in [5, 5.41) is 14.5. The molecule has 3 saturated heterocycles. The molecule has 9 nitrogen and oxygen atoms in total. The van der Waals surface area contributed by atoms with Gasteiger partial charge in [-0.05, 0) is 100 Å². The Morgan fingerprint density at radius 2 is 1.93 bits per heavy atom. The average molecular weight is 633 g/mol. The molecule has 3 aromatic rings. The van der Waals surface area contributed by atoms with E-state index in [0.717, 1.165) is 75.5 Å². The molecular formula is C35H42F2N6O3. The number of aryl methyl sites for hydroxylation is 1. The molecule has 0 spiro atoms. The molecule has 0 radical (unpaired) electrons. The molecule has 0 unspecified atom stereocenters. The van der Waals surface area contributed by atoms with Gasteiger partial charge in [-0.2, -0.15) is 9.97 Å². The third-order valence-corrected chi connectivity index (χ3v) is 11.2. The molecule has 1 aromatic carbocycles. The fraction of sp³-hybridized carbons (Fsp3) is 0.600. The number of pyridine rings is 1. The maximum atomic E-state index is 17.0. The highest BCUT2D eigenvalue weighted by Crippen LogP contribution is 2.45. The van der Waals surface area contributed by atoms with E-state index < -0.39 is 23.1 Å². The minimum absolute atomic E-state index is 0.0365. The number of ether oxygens (including phenoxy) is 1. The summed E-state index contributed by atoms with van der Waals surface area (Å²) in [6.45, 7) is 4.71. The van der Waals surface area contributed by atoms with Crippen LogP contribution < -0.4 is 15.0 Å². The third-order valence-electron chi connectivity index (χ3n) is 11.2. The van der Waals surface area contributed by atoms with Crippen LogP contribution in [-0.4, -0.2) is 80.9 Å². The van der Waals surface area contributed by atoms with Gasteiger partial charge in [-0.3, -0.25) is 14.7 Å². The zero-order chi connectivity index (χ0) is 31.6. The number of nitrogens with zero attached hydrogens (tertiary/aromatic N) is 5. The SMILES string of the molecule is C[C@@]12CCCN(C1)c1nc(OC[C@@]34CCCN3C[C@H](F)C4)nc3c(F)c(ncc13)-c1cc(O)cc3c1[C@H](CCCC(=O)N2)CCC3. The van der Waals surface area contributed by atoms with Gasteiger partial charge in [-0.15, -0.1) is 0 Å². The Morgan fingerprint density at radius 1 is 1.11 bits per heavy atom. The number of piperidine rings is 1. The maximum Gasteiger partial charge on any atom is 0.319 e. The number of phenols is 1. The van der Waals surface area contributed by atoms with E-state index >= 15 is 4.39 Å². The van der Waals surface area contributed by atoms with Crippen LogP contribution in [0.5, 0.6) is 11.8 Å². The summed E-state index contributed by atoms with van der Waals surface area (Å²) >= 11 is 0. The second-order valence-corrected chi connectivity index (χ2v) is 14.6. The van der Waals surface area contributed by atoms with Gasteiger partial charge in [-0.1, -0.05) is 0 Å². The summed E-state index contributed by atoms with van der Waals surface area (Å²) in [6, 6.07) is 3.45. The Balaban J connectivity index is 1.28. The number of benzene rings is 1. The lowest BCUT2D eigenvalue weighted by Crippen LogP contribution is -2.57. The lowest BCUT2D eigenvalue weighted by Gasteiger charge is -2.42. The number of hydrogen-bond acceptors (Lipinski definition) is 8. The summed E-state index contributed by atoms with van der Waals surface area (Å²) < 4.78 is 37.8. The van der Waals surface area contributed by atoms with E-state index in [1.807, 2.05) is 0 Å². The molecule has 6 bridgehead atoms. The van der Waals surface area contributed by atoms with Crippen molar-refractivity contribution >= 4 is 22.6 Å². The summed E-state index contributed by atoms with van der Waals surface area (Å²) in [4.78, 5) is 31.7. The molecule has 4 atom stereocenters. The lowest BCUT2D eigenvalue weighted by atomic mass is 9.77. The fourth-order valence-electron chi connectivity index (χ4n) is 9.15. The number of alkyl halides is 1. The third kappa shape index (κ3) is 5.15. The number of hydrogen-bond donors (Lipinski definition) is 2. The van der Waals surface area contributed by atoms with E-state index in [9.17, 15) is 14.3 Å². The van der Waals surface area contributed by atoms with Crippen molar-refractivity contribution in [2.75, 3.05) is 37.7 Å². The van der Waals surface area contributed by atoms with Crippen molar-refractivity contribution in [2.24, 2.45) is 0 Å². The second kappa shape index (κ2) is 11.3. The van der Waals surface area contributed by atoms with E-state index in [4.69, 9.17) is 14.7 Å². The number of carbonyl (C=O) groups is 1. The van der Waals surface area contributed by atoms with Crippen molar-refractivity contribution in [3.63, 3.8) is 0 Å². The molecule has 2 N–H and O–H groups in total. The first-order valence-electron chi connectivity index (χ1n) is 17.0. The minimum atomic E-state index is -0.895. The number of amides is 1. The largest absolute Gasteiger partial charge is 0.508 e. The monoisotopic (exact) mass is 632 g/mol. The highest BCUT2D eigenvalue weighted by molar-refractivity contribution is 5.92. The Morgan fingerprint density at radius 3 is 2.80 bits per heavy atom. The first-order chi connectivity index (χ1) is 22.2. The van der Waals surface area contributed by atoms with E-state index in [0.29, 0.717) is 49.2 Å². The van der Waals surface area contributed by atoms with Crippen molar-refractivity contribution in [3.05, 3.63) is 35.3 Å². The van der Waals surface area contributed by atoms with Crippen molar-refractivity contribution in [1.29, 1.82) is 0 Å². The first-order valence-corrected chi connectivity index (χ1v) is 17.0. The normalized spacial score (nSPS) is 29.6. The molecule has 5 aliphatic heterocycles. The molecule has 1 aliphatic carbocycles. The van der Waals surface area contributed by atoms with Crippen molar-refractivity contribution in [3.8, 4) is 23.0 Å². The zero-order valence-electron chi connectivity index (χ0n) is 26.5. The van der Waals surface area contributed by atoms with Gasteiger partial charge in [0.15, 0.2) is 5.82 Å². The van der Waals surface area contributed by atoms with Crippen LogP contribution >= 0.6 is 0 Å². The number of carbonyl (C=O) groups excluding carboxylic acids is 1. The Hall–Kier alpha value is -3.60. The number of fused-ring (bicyclic) bond motifs is 6. The molecule has 9 rings (SSSR count). The van der Waals surface area contributed by atoms with Crippen LogP contribution in [-0.2, 0) is 11.2 Å². The van der Waals surface area contributed by atoms with E-state index in [2.05, 4.69) is 27.0 Å². The zero-order valence-corrected chi connectivity index (χ0v) is 26.5. The smallest absolute Gasteiger partial charge is 0.319 e. The van der Waals surface area contributed by atoms with Gasteiger partial charge in [0.1, 0.15) is 35.6 Å². The lowest BCUT2D eigenvalue weighted by molar-refractivity contribution is -0.123. The van der Waals surface area contributed by atoms with Crippen LogP contribution in [0.15, 0.2) is 18.3 Å². The summed E-state index contributed by atoms with van der Waals surface area (Å²) in [6.07, 6.45) is 9.23. The highest BCUT2D eigenvalue weighted by Gasteiger charge is 2.49. The first kappa shape index (κ1) is 29.8. The predicted octanol–water partition coefficient (Wildman–Crippen LogP) is 5.57. The molecular weight excluding hydrogens is 590 g/mol. The van der Waals surface area contributed by atoms with Gasteiger partial charge < -0.3 is 20.1 Å². The fourth-order valence-corrected chi connectivity index (χ4v) is 9.15. The van der Waals surface area contributed by atoms with Gasteiger partial charge in [0.2, 0.25) is 5.91 Å². The number of aromatic nitrogens is 3. The predicted molar refractivity (Wildman–Crippen MR) is 170 cm³/mol. The van der Waals surface area contributed by atoms with Crippen LogP contribution in [0.3, 0.4) is 0 Å². The molecule has 6 aliphatic rings. The number of aromatic hydroxyl groups is 1.